The van der Waals surface area contributed by atoms with Crippen LogP contribution in [-0.4, -0.2) is 32.3 Å². The summed E-state index contributed by atoms with van der Waals surface area (Å²) in [5.74, 6) is 0.536. The highest BCUT2D eigenvalue weighted by Crippen LogP contribution is 2.28. The van der Waals surface area contributed by atoms with E-state index in [0.717, 1.165) is 31.6 Å². The summed E-state index contributed by atoms with van der Waals surface area (Å²) in [6.07, 6.45) is 2.31. The van der Waals surface area contributed by atoms with Crippen molar-refractivity contribution in [3.63, 3.8) is 0 Å². The van der Waals surface area contributed by atoms with Crippen molar-refractivity contribution in [2.45, 2.75) is 45.7 Å². The third-order valence-corrected chi connectivity index (χ3v) is 4.31. The van der Waals surface area contributed by atoms with E-state index >= 15 is 0 Å². The molecule has 0 radical (unpaired) electrons. The molecule has 1 saturated heterocycles. The Morgan fingerprint density at radius 2 is 2.19 bits per heavy atom. The molecule has 2 rings (SSSR count). The minimum absolute atomic E-state index is 0.289. The number of methoxy groups -OCH3 is 1. The third-order valence-electron chi connectivity index (χ3n) is 4.31. The van der Waals surface area contributed by atoms with Gasteiger partial charge in [-0.2, -0.15) is 0 Å². The first-order valence-corrected chi connectivity index (χ1v) is 7.90. The standard InChI is InChI=1S/C17H27FN2O/c1-5-6-13-11-20(16(10-19-13)12(2)3)14-7-8-17(21-4)15(18)9-14/h7-9,12-13,16,19H,5-6,10-11H2,1-4H3. The maximum atomic E-state index is 14.0. The van der Waals surface area contributed by atoms with Gasteiger partial charge in [-0.05, 0) is 24.5 Å². The molecule has 0 spiro atoms. The predicted molar refractivity (Wildman–Crippen MR) is 85.6 cm³/mol. The molecule has 1 aliphatic heterocycles. The van der Waals surface area contributed by atoms with Gasteiger partial charge in [0.15, 0.2) is 11.6 Å². The molecule has 21 heavy (non-hydrogen) atoms. The van der Waals surface area contributed by atoms with Crippen molar-refractivity contribution in [1.82, 2.24) is 5.32 Å². The summed E-state index contributed by atoms with van der Waals surface area (Å²) in [4.78, 5) is 2.35. The lowest BCUT2D eigenvalue weighted by molar-refractivity contribution is 0.326. The molecule has 0 aromatic heterocycles. The maximum absolute atomic E-state index is 14.0. The molecule has 0 aliphatic carbocycles. The van der Waals surface area contributed by atoms with Crippen LogP contribution in [0.25, 0.3) is 0 Å². The molecular formula is C17H27FN2O. The summed E-state index contributed by atoms with van der Waals surface area (Å²) in [6.45, 7) is 8.53. The van der Waals surface area contributed by atoms with Gasteiger partial charge in [-0.1, -0.05) is 27.2 Å². The van der Waals surface area contributed by atoms with Crippen LogP contribution in [-0.2, 0) is 0 Å². The molecular weight excluding hydrogens is 267 g/mol. The Hall–Kier alpha value is -1.29. The van der Waals surface area contributed by atoms with Crippen LogP contribution in [0.5, 0.6) is 5.75 Å². The lowest BCUT2D eigenvalue weighted by atomic mass is 9.96. The van der Waals surface area contributed by atoms with Gasteiger partial charge in [0.1, 0.15) is 0 Å². The van der Waals surface area contributed by atoms with Crippen LogP contribution in [0.2, 0.25) is 0 Å². The van der Waals surface area contributed by atoms with E-state index in [2.05, 4.69) is 31.0 Å². The second-order valence-corrected chi connectivity index (χ2v) is 6.18. The number of rotatable bonds is 5. The zero-order chi connectivity index (χ0) is 15.4. The van der Waals surface area contributed by atoms with E-state index < -0.39 is 0 Å². The average Bonchev–Trinajstić information content (AvgIpc) is 2.47. The first kappa shape index (κ1) is 16.1. The van der Waals surface area contributed by atoms with Crippen molar-refractivity contribution in [3.8, 4) is 5.75 Å². The van der Waals surface area contributed by atoms with Crippen LogP contribution in [0.4, 0.5) is 10.1 Å². The quantitative estimate of drug-likeness (QED) is 0.900. The Morgan fingerprint density at radius 3 is 2.76 bits per heavy atom. The number of ether oxygens (including phenoxy) is 1. The molecule has 1 aromatic rings. The number of piperazine rings is 1. The van der Waals surface area contributed by atoms with Crippen LogP contribution >= 0.6 is 0 Å². The summed E-state index contributed by atoms with van der Waals surface area (Å²) in [5.41, 5.74) is 0.953. The smallest absolute Gasteiger partial charge is 0.167 e. The zero-order valence-corrected chi connectivity index (χ0v) is 13.5. The molecule has 1 heterocycles. The summed E-state index contributed by atoms with van der Waals surface area (Å²) in [6, 6.07) is 6.16. The number of hydrogen-bond acceptors (Lipinski definition) is 3. The van der Waals surface area contributed by atoms with Gasteiger partial charge in [-0.25, -0.2) is 4.39 Å². The van der Waals surface area contributed by atoms with Crippen molar-refractivity contribution in [2.24, 2.45) is 5.92 Å². The molecule has 2 atom stereocenters. The van der Waals surface area contributed by atoms with Crippen molar-refractivity contribution >= 4 is 5.69 Å². The first-order valence-electron chi connectivity index (χ1n) is 7.90. The number of nitrogens with zero attached hydrogens (tertiary/aromatic N) is 1. The number of nitrogens with one attached hydrogen (secondary N) is 1. The second-order valence-electron chi connectivity index (χ2n) is 6.18. The molecule has 1 fully saturated rings. The van der Waals surface area contributed by atoms with Gasteiger partial charge in [0.2, 0.25) is 0 Å². The fraction of sp³-hybridized carbons (Fsp3) is 0.647. The minimum atomic E-state index is -0.289. The Morgan fingerprint density at radius 1 is 1.43 bits per heavy atom. The summed E-state index contributed by atoms with van der Waals surface area (Å²) in [5, 5.41) is 3.63. The van der Waals surface area contributed by atoms with Crippen molar-refractivity contribution in [2.75, 3.05) is 25.1 Å². The molecule has 0 amide bonds. The molecule has 4 heteroatoms. The molecule has 1 N–H and O–H groups in total. The third kappa shape index (κ3) is 3.67. The van der Waals surface area contributed by atoms with Gasteiger partial charge in [0.25, 0.3) is 0 Å². The Bertz CT molecular complexity index is 464. The Kier molecular flexibility index (Phi) is 5.45. The number of halogens is 1. The highest BCUT2D eigenvalue weighted by molar-refractivity contribution is 5.51. The lowest BCUT2D eigenvalue weighted by Gasteiger charge is -2.44. The Labute approximate surface area is 127 Å². The minimum Gasteiger partial charge on any atom is -0.494 e. The zero-order valence-electron chi connectivity index (χ0n) is 13.5. The van der Waals surface area contributed by atoms with Crippen LogP contribution < -0.4 is 15.0 Å². The number of anilines is 1. The predicted octanol–water partition coefficient (Wildman–Crippen LogP) is 3.44. The van der Waals surface area contributed by atoms with E-state index in [4.69, 9.17) is 4.74 Å². The van der Waals surface area contributed by atoms with E-state index in [1.165, 1.54) is 7.11 Å². The van der Waals surface area contributed by atoms with Crippen molar-refractivity contribution in [3.05, 3.63) is 24.0 Å². The van der Waals surface area contributed by atoms with Gasteiger partial charge in [0.05, 0.1) is 7.11 Å². The average molecular weight is 294 g/mol. The highest BCUT2D eigenvalue weighted by atomic mass is 19.1. The van der Waals surface area contributed by atoms with Gasteiger partial charge >= 0.3 is 0 Å². The van der Waals surface area contributed by atoms with Crippen LogP contribution in [0.15, 0.2) is 18.2 Å². The molecule has 118 valence electrons. The molecule has 2 unspecified atom stereocenters. The van der Waals surface area contributed by atoms with E-state index in [1.54, 1.807) is 12.1 Å². The van der Waals surface area contributed by atoms with Crippen molar-refractivity contribution < 1.29 is 9.13 Å². The lowest BCUT2D eigenvalue weighted by Crippen LogP contribution is -2.58. The summed E-state index contributed by atoms with van der Waals surface area (Å²) >= 11 is 0. The van der Waals surface area contributed by atoms with Crippen LogP contribution in [0, 0.1) is 11.7 Å². The monoisotopic (exact) mass is 294 g/mol. The summed E-state index contributed by atoms with van der Waals surface area (Å²) < 4.78 is 19.0. The largest absolute Gasteiger partial charge is 0.494 e. The van der Waals surface area contributed by atoms with E-state index in [-0.39, 0.29) is 5.82 Å². The van der Waals surface area contributed by atoms with Gasteiger partial charge in [0, 0.05) is 36.9 Å². The number of hydrogen-bond donors (Lipinski definition) is 1. The molecule has 0 saturated carbocycles. The number of benzene rings is 1. The normalized spacial score (nSPS) is 22.7. The first-order chi connectivity index (χ1) is 10.1. The van der Waals surface area contributed by atoms with E-state index in [1.807, 2.05) is 6.07 Å². The molecule has 3 nitrogen and oxygen atoms in total. The SMILES string of the molecule is CCCC1CN(c2ccc(OC)c(F)c2)C(C(C)C)CN1. The maximum Gasteiger partial charge on any atom is 0.167 e. The van der Waals surface area contributed by atoms with Gasteiger partial charge in [-0.15, -0.1) is 0 Å². The molecule has 0 bridgehead atoms. The molecule has 1 aromatic carbocycles. The highest BCUT2D eigenvalue weighted by Gasteiger charge is 2.30. The molecule has 1 aliphatic rings. The summed E-state index contributed by atoms with van der Waals surface area (Å²) in [7, 11) is 1.50. The Balaban J connectivity index is 2.24. The van der Waals surface area contributed by atoms with E-state index in [0.29, 0.717) is 23.8 Å². The second kappa shape index (κ2) is 7.12. The fourth-order valence-corrected chi connectivity index (χ4v) is 3.10. The van der Waals surface area contributed by atoms with Gasteiger partial charge < -0.3 is 15.0 Å². The van der Waals surface area contributed by atoms with Crippen molar-refractivity contribution in [1.29, 1.82) is 0 Å². The fourth-order valence-electron chi connectivity index (χ4n) is 3.10. The topological polar surface area (TPSA) is 24.5 Å². The van der Waals surface area contributed by atoms with Crippen LogP contribution in [0.3, 0.4) is 0 Å². The van der Waals surface area contributed by atoms with E-state index in [9.17, 15) is 4.39 Å². The van der Waals surface area contributed by atoms with Gasteiger partial charge in [-0.3, -0.25) is 0 Å². The van der Waals surface area contributed by atoms with Crippen LogP contribution in [0.1, 0.15) is 33.6 Å².